The van der Waals surface area contributed by atoms with Crippen molar-refractivity contribution in [2.24, 2.45) is 0 Å². The molecule has 0 saturated carbocycles. The van der Waals surface area contributed by atoms with Crippen molar-refractivity contribution in [1.29, 1.82) is 0 Å². The van der Waals surface area contributed by atoms with Crippen molar-refractivity contribution >= 4 is 11.7 Å². The number of aromatic nitrogens is 1. The van der Waals surface area contributed by atoms with Gasteiger partial charge >= 0.3 is 0 Å². The van der Waals surface area contributed by atoms with Gasteiger partial charge in [0.1, 0.15) is 11.6 Å². The molecule has 2 N–H and O–H groups in total. The number of ether oxygens (including phenoxy) is 2. The Bertz CT molecular complexity index is 746. The Labute approximate surface area is 166 Å². The van der Waals surface area contributed by atoms with Gasteiger partial charge in [-0.25, -0.2) is 4.98 Å². The van der Waals surface area contributed by atoms with Gasteiger partial charge in [0.05, 0.1) is 20.3 Å². The molecule has 7 heteroatoms. The number of amides is 1. The minimum atomic E-state index is -0.0906. The quantitative estimate of drug-likeness (QED) is 0.687. The van der Waals surface area contributed by atoms with Crippen LogP contribution in [0.3, 0.4) is 0 Å². The molecule has 0 bridgehead atoms. The molecule has 0 atom stereocenters. The van der Waals surface area contributed by atoms with Crippen molar-refractivity contribution in [3.05, 3.63) is 53.7 Å². The Kier molecular flexibility index (Phi) is 7.63. The van der Waals surface area contributed by atoms with E-state index < -0.39 is 0 Å². The van der Waals surface area contributed by atoms with Gasteiger partial charge in [-0.3, -0.25) is 9.69 Å². The van der Waals surface area contributed by atoms with Crippen LogP contribution in [0, 0.1) is 0 Å². The Morgan fingerprint density at radius 3 is 2.71 bits per heavy atom. The van der Waals surface area contributed by atoms with Gasteiger partial charge < -0.3 is 20.1 Å². The number of anilines is 1. The fourth-order valence-electron chi connectivity index (χ4n) is 3.05. The average Bonchev–Trinajstić information content (AvgIpc) is 2.75. The first-order valence-electron chi connectivity index (χ1n) is 9.66. The molecule has 0 spiro atoms. The third kappa shape index (κ3) is 6.21. The summed E-state index contributed by atoms with van der Waals surface area (Å²) in [5, 5.41) is 6.26. The Morgan fingerprint density at radius 2 is 1.96 bits per heavy atom. The molecule has 1 aliphatic rings. The van der Waals surface area contributed by atoms with Crippen LogP contribution in [0.2, 0.25) is 0 Å². The number of methoxy groups -OCH3 is 1. The minimum Gasteiger partial charge on any atom is -0.497 e. The maximum absolute atomic E-state index is 12.4. The predicted molar refractivity (Wildman–Crippen MR) is 109 cm³/mol. The molecule has 1 aliphatic heterocycles. The number of pyridine rings is 1. The van der Waals surface area contributed by atoms with Crippen molar-refractivity contribution in [3.63, 3.8) is 0 Å². The molecule has 28 heavy (non-hydrogen) atoms. The minimum absolute atomic E-state index is 0.0906. The van der Waals surface area contributed by atoms with Crippen molar-refractivity contribution in [2.75, 3.05) is 58.4 Å². The van der Waals surface area contributed by atoms with Gasteiger partial charge in [-0.2, -0.15) is 0 Å². The summed E-state index contributed by atoms with van der Waals surface area (Å²) in [6, 6.07) is 11.4. The van der Waals surface area contributed by atoms with E-state index >= 15 is 0 Å². The lowest BCUT2D eigenvalue weighted by Crippen LogP contribution is -2.39. The molecule has 7 nitrogen and oxygen atoms in total. The second-order valence-electron chi connectivity index (χ2n) is 6.66. The molecule has 1 saturated heterocycles. The number of hydrogen-bond donors (Lipinski definition) is 2. The van der Waals surface area contributed by atoms with E-state index in [-0.39, 0.29) is 5.91 Å². The third-order valence-electron chi connectivity index (χ3n) is 4.72. The van der Waals surface area contributed by atoms with E-state index in [0.717, 1.165) is 62.9 Å². The smallest absolute Gasteiger partial charge is 0.251 e. The molecule has 2 heterocycles. The lowest BCUT2D eigenvalue weighted by Gasteiger charge is -2.26. The molecular formula is C21H28N4O3. The molecule has 1 fully saturated rings. The van der Waals surface area contributed by atoms with E-state index in [4.69, 9.17) is 9.47 Å². The largest absolute Gasteiger partial charge is 0.497 e. The SMILES string of the molecule is COc1ccc(CCNC(=O)c2ccnc(NCCN3CCOCC3)c2)cc1. The summed E-state index contributed by atoms with van der Waals surface area (Å²) in [4.78, 5) is 19.1. The Hall–Kier alpha value is -2.64. The monoisotopic (exact) mass is 384 g/mol. The summed E-state index contributed by atoms with van der Waals surface area (Å²) in [5.74, 6) is 1.46. The number of carbonyl (C=O) groups excluding carboxylic acids is 1. The van der Waals surface area contributed by atoms with E-state index in [1.807, 2.05) is 24.3 Å². The van der Waals surface area contributed by atoms with Crippen molar-refractivity contribution in [3.8, 4) is 5.75 Å². The molecule has 1 aromatic heterocycles. The number of nitrogens with one attached hydrogen (secondary N) is 2. The first kappa shape index (κ1) is 20.1. The van der Waals surface area contributed by atoms with Crippen LogP contribution in [0.25, 0.3) is 0 Å². The maximum Gasteiger partial charge on any atom is 0.251 e. The second-order valence-corrected chi connectivity index (χ2v) is 6.66. The number of morpholine rings is 1. The van der Waals surface area contributed by atoms with Gasteiger partial charge in [0.25, 0.3) is 5.91 Å². The van der Waals surface area contributed by atoms with Crippen LogP contribution < -0.4 is 15.4 Å². The van der Waals surface area contributed by atoms with Gasteiger partial charge in [0.2, 0.25) is 0 Å². The first-order chi connectivity index (χ1) is 13.7. The number of benzene rings is 1. The fraction of sp³-hybridized carbons (Fsp3) is 0.429. The topological polar surface area (TPSA) is 75.7 Å². The summed E-state index contributed by atoms with van der Waals surface area (Å²) < 4.78 is 10.5. The zero-order valence-corrected chi connectivity index (χ0v) is 16.3. The summed E-state index contributed by atoms with van der Waals surface area (Å²) in [5.41, 5.74) is 1.76. The van der Waals surface area contributed by atoms with Gasteiger partial charge in [-0.15, -0.1) is 0 Å². The summed E-state index contributed by atoms with van der Waals surface area (Å²) >= 11 is 0. The van der Waals surface area contributed by atoms with Crippen LogP contribution >= 0.6 is 0 Å². The van der Waals surface area contributed by atoms with E-state index in [1.54, 1.807) is 25.4 Å². The van der Waals surface area contributed by atoms with Crippen LogP contribution in [0.15, 0.2) is 42.6 Å². The van der Waals surface area contributed by atoms with Crippen molar-refractivity contribution < 1.29 is 14.3 Å². The number of carbonyl (C=O) groups is 1. The zero-order chi connectivity index (χ0) is 19.6. The molecule has 2 aromatic rings. The van der Waals surface area contributed by atoms with Crippen molar-refractivity contribution in [2.45, 2.75) is 6.42 Å². The van der Waals surface area contributed by atoms with Crippen LogP contribution in [0.4, 0.5) is 5.82 Å². The van der Waals surface area contributed by atoms with Gasteiger partial charge in [-0.1, -0.05) is 12.1 Å². The lowest BCUT2D eigenvalue weighted by molar-refractivity contribution is 0.0398. The molecule has 1 amide bonds. The highest BCUT2D eigenvalue weighted by atomic mass is 16.5. The average molecular weight is 384 g/mol. The maximum atomic E-state index is 12.4. The number of nitrogens with zero attached hydrogens (tertiary/aromatic N) is 2. The van der Waals surface area contributed by atoms with Crippen LogP contribution in [-0.2, 0) is 11.2 Å². The summed E-state index contributed by atoms with van der Waals surface area (Å²) in [6.45, 7) is 5.82. The van der Waals surface area contributed by atoms with Crippen LogP contribution in [-0.4, -0.2) is 68.8 Å². The zero-order valence-electron chi connectivity index (χ0n) is 16.3. The summed E-state index contributed by atoms with van der Waals surface area (Å²) in [7, 11) is 1.65. The number of hydrogen-bond acceptors (Lipinski definition) is 6. The molecule has 0 unspecified atom stereocenters. The lowest BCUT2D eigenvalue weighted by atomic mass is 10.1. The molecule has 0 aliphatic carbocycles. The predicted octanol–water partition coefficient (Wildman–Crippen LogP) is 1.81. The van der Waals surface area contributed by atoms with E-state index in [2.05, 4.69) is 20.5 Å². The molecule has 3 rings (SSSR count). The Balaban J connectivity index is 1.42. The van der Waals surface area contributed by atoms with E-state index in [9.17, 15) is 4.79 Å². The number of rotatable bonds is 9. The first-order valence-corrected chi connectivity index (χ1v) is 9.66. The van der Waals surface area contributed by atoms with E-state index in [1.165, 1.54) is 0 Å². The highest BCUT2D eigenvalue weighted by Crippen LogP contribution is 2.11. The van der Waals surface area contributed by atoms with Gasteiger partial charge in [-0.05, 0) is 36.2 Å². The van der Waals surface area contributed by atoms with Crippen molar-refractivity contribution in [1.82, 2.24) is 15.2 Å². The molecular weight excluding hydrogens is 356 g/mol. The standard InChI is InChI=1S/C21H28N4O3/c1-27-19-4-2-17(3-5-19)6-8-24-21(26)18-7-9-22-20(16-18)23-10-11-25-12-14-28-15-13-25/h2-5,7,9,16H,6,8,10-15H2,1H3,(H,22,23)(H,24,26). The molecule has 1 aromatic carbocycles. The summed E-state index contributed by atoms with van der Waals surface area (Å²) in [6.07, 6.45) is 2.43. The van der Waals surface area contributed by atoms with Crippen LogP contribution in [0.1, 0.15) is 15.9 Å². The highest BCUT2D eigenvalue weighted by molar-refractivity contribution is 5.94. The van der Waals surface area contributed by atoms with Crippen LogP contribution in [0.5, 0.6) is 5.75 Å². The normalized spacial score (nSPS) is 14.5. The Morgan fingerprint density at radius 1 is 1.18 bits per heavy atom. The molecule has 0 radical (unpaired) electrons. The van der Waals surface area contributed by atoms with E-state index in [0.29, 0.717) is 12.1 Å². The van der Waals surface area contributed by atoms with Gasteiger partial charge in [0.15, 0.2) is 0 Å². The fourth-order valence-corrected chi connectivity index (χ4v) is 3.05. The molecule has 150 valence electrons. The third-order valence-corrected chi connectivity index (χ3v) is 4.72. The van der Waals surface area contributed by atoms with Gasteiger partial charge in [0, 0.05) is 44.5 Å². The highest BCUT2D eigenvalue weighted by Gasteiger charge is 2.10. The second kappa shape index (κ2) is 10.6.